The Bertz CT molecular complexity index is 212. The van der Waals surface area contributed by atoms with Crippen LogP contribution in [0.4, 0.5) is 0 Å². The molecule has 0 aromatic carbocycles. The summed E-state index contributed by atoms with van der Waals surface area (Å²) >= 11 is 0. The molecule has 0 spiro atoms. The van der Waals surface area contributed by atoms with Crippen molar-refractivity contribution in [2.24, 2.45) is 5.41 Å². The molecule has 4 heteroatoms. The van der Waals surface area contributed by atoms with Gasteiger partial charge in [-0.2, -0.15) is 0 Å². The summed E-state index contributed by atoms with van der Waals surface area (Å²) in [5.74, 6) is 0.00750. The molecule has 1 amide bonds. The van der Waals surface area contributed by atoms with Crippen molar-refractivity contribution in [1.29, 1.82) is 0 Å². The highest BCUT2D eigenvalue weighted by Crippen LogP contribution is 2.21. The molecular weight excluding hydrogens is 182 g/mol. The number of hydrogen-bond donors (Lipinski definition) is 2. The van der Waals surface area contributed by atoms with Crippen molar-refractivity contribution >= 4 is 5.91 Å². The van der Waals surface area contributed by atoms with Crippen LogP contribution in [0.15, 0.2) is 0 Å². The van der Waals surface area contributed by atoms with Crippen LogP contribution < -0.4 is 0 Å². The van der Waals surface area contributed by atoms with Crippen molar-refractivity contribution in [3.8, 4) is 0 Å². The van der Waals surface area contributed by atoms with Crippen molar-refractivity contribution in [3.05, 3.63) is 0 Å². The Morgan fingerprint density at radius 2 is 1.71 bits per heavy atom. The molecule has 1 fully saturated rings. The van der Waals surface area contributed by atoms with Crippen LogP contribution >= 0.6 is 0 Å². The molecule has 1 heterocycles. The van der Waals surface area contributed by atoms with Crippen LogP contribution in [-0.2, 0) is 4.79 Å². The zero-order valence-corrected chi connectivity index (χ0v) is 9.03. The van der Waals surface area contributed by atoms with Gasteiger partial charge in [-0.1, -0.05) is 20.8 Å². The molecule has 2 N–H and O–H groups in total. The average molecular weight is 201 g/mol. The number of β-amino-alcohol motifs (C(OH)–C–C–N with tert-alkyl or cyclic N) is 2. The van der Waals surface area contributed by atoms with Gasteiger partial charge in [-0.05, 0) is 5.41 Å². The molecule has 0 bridgehead atoms. The Hall–Kier alpha value is -0.610. The number of carbonyl (C=O) groups excluding carboxylic acids is 1. The monoisotopic (exact) mass is 201 g/mol. The third kappa shape index (κ3) is 2.96. The fraction of sp³-hybridized carbons (Fsp3) is 0.900. The Kier molecular flexibility index (Phi) is 3.17. The van der Waals surface area contributed by atoms with Crippen molar-refractivity contribution < 1.29 is 15.0 Å². The molecule has 0 saturated carbocycles. The first-order chi connectivity index (χ1) is 6.29. The van der Waals surface area contributed by atoms with E-state index in [-0.39, 0.29) is 24.4 Å². The normalized spacial score (nSPS) is 28.2. The molecule has 1 rings (SSSR count). The first kappa shape index (κ1) is 11.5. The van der Waals surface area contributed by atoms with E-state index in [0.29, 0.717) is 6.42 Å². The highest BCUT2D eigenvalue weighted by Gasteiger charge is 2.33. The molecule has 0 aliphatic carbocycles. The zero-order chi connectivity index (χ0) is 10.9. The van der Waals surface area contributed by atoms with Gasteiger partial charge in [-0.25, -0.2) is 0 Å². The van der Waals surface area contributed by atoms with E-state index in [1.807, 2.05) is 20.8 Å². The Balaban J connectivity index is 2.48. The lowest BCUT2D eigenvalue weighted by atomic mass is 9.92. The van der Waals surface area contributed by atoms with E-state index in [9.17, 15) is 15.0 Å². The van der Waals surface area contributed by atoms with E-state index >= 15 is 0 Å². The molecule has 4 nitrogen and oxygen atoms in total. The summed E-state index contributed by atoms with van der Waals surface area (Å²) in [6, 6.07) is 0. The van der Waals surface area contributed by atoms with Gasteiger partial charge in [0, 0.05) is 19.5 Å². The molecule has 14 heavy (non-hydrogen) atoms. The number of rotatable bonds is 1. The summed E-state index contributed by atoms with van der Waals surface area (Å²) in [4.78, 5) is 13.2. The van der Waals surface area contributed by atoms with Crippen molar-refractivity contribution in [2.45, 2.75) is 39.4 Å². The minimum absolute atomic E-state index is 0.00750. The van der Waals surface area contributed by atoms with Crippen LogP contribution in [0, 0.1) is 5.41 Å². The lowest BCUT2D eigenvalue weighted by Gasteiger charge is -2.22. The van der Waals surface area contributed by atoms with E-state index < -0.39 is 12.2 Å². The molecule has 1 saturated heterocycles. The number of amides is 1. The van der Waals surface area contributed by atoms with Crippen LogP contribution in [-0.4, -0.2) is 46.3 Å². The lowest BCUT2D eigenvalue weighted by Crippen LogP contribution is -2.32. The van der Waals surface area contributed by atoms with Crippen LogP contribution in [0.25, 0.3) is 0 Å². The maximum atomic E-state index is 11.7. The number of likely N-dealkylation sites (tertiary alicyclic amines) is 1. The summed E-state index contributed by atoms with van der Waals surface area (Å²) in [6.45, 7) is 6.50. The molecule has 2 unspecified atom stereocenters. The fourth-order valence-corrected chi connectivity index (χ4v) is 1.54. The summed E-state index contributed by atoms with van der Waals surface area (Å²) in [7, 11) is 0. The molecule has 82 valence electrons. The zero-order valence-electron chi connectivity index (χ0n) is 9.03. The number of aliphatic hydroxyl groups excluding tert-OH is 2. The van der Waals surface area contributed by atoms with E-state index in [1.165, 1.54) is 4.90 Å². The van der Waals surface area contributed by atoms with Crippen LogP contribution in [0.3, 0.4) is 0 Å². The van der Waals surface area contributed by atoms with Crippen molar-refractivity contribution in [1.82, 2.24) is 4.90 Å². The van der Waals surface area contributed by atoms with E-state index in [1.54, 1.807) is 0 Å². The van der Waals surface area contributed by atoms with Gasteiger partial charge in [0.05, 0.1) is 12.2 Å². The van der Waals surface area contributed by atoms with E-state index in [4.69, 9.17) is 0 Å². The van der Waals surface area contributed by atoms with E-state index in [0.717, 1.165) is 0 Å². The standard InChI is InChI=1S/C10H19NO3/c1-10(2,3)4-9(14)11-5-7(12)8(13)6-11/h7-8,12-13H,4-6H2,1-3H3. The summed E-state index contributed by atoms with van der Waals surface area (Å²) in [5.41, 5.74) is -0.0461. The number of hydrogen-bond acceptors (Lipinski definition) is 3. The topological polar surface area (TPSA) is 60.8 Å². The maximum absolute atomic E-state index is 11.7. The summed E-state index contributed by atoms with van der Waals surface area (Å²) in [6.07, 6.45) is -1.11. The van der Waals surface area contributed by atoms with Gasteiger partial charge < -0.3 is 15.1 Å². The number of aliphatic hydroxyl groups is 2. The Morgan fingerprint density at radius 1 is 1.29 bits per heavy atom. The van der Waals surface area contributed by atoms with Gasteiger partial charge in [-0.3, -0.25) is 4.79 Å². The highest BCUT2D eigenvalue weighted by molar-refractivity contribution is 5.77. The van der Waals surface area contributed by atoms with Gasteiger partial charge in [0.15, 0.2) is 0 Å². The molecule has 0 aromatic heterocycles. The predicted octanol–water partition coefficient (Wildman–Crippen LogP) is -0.0134. The first-order valence-electron chi connectivity index (χ1n) is 4.93. The summed E-state index contributed by atoms with van der Waals surface area (Å²) < 4.78 is 0. The van der Waals surface area contributed by atoms with Crippen LogP contribution in [0.1, 0.15) is 27.2 Å². The van der Waals surface area contributed by atoms with Gasteiger partial charge in [-0.15, -0.1) is 0 Å². The molecular formula is C10H19NO3. The number of carbonyl (C=O) groups is 1. The van der Waals surface area contributed by atoms with Gasteiger partial charge in [0.25, 0.3) is 0 Å². The SMILES string of the molecule is CC(C)(C)CC(=O)N1CC(O)C(O)C1. The molecule has 1 aliphatic heterocycles. The first-order valence-corrected chi connectivity index (χ1v) is 4.93. The minimum Gasteiger partial charge on any atom is -0.388 e. The van der Waals surface area contributed by atoms with E-state index in [2.05, 4.69) is 0 Å². The molecule has 1 aliphatic rings. The lowest BCUT2D eigenvalue weighted by molar-refractivity contribution is -0.132. The Labute approximate surface area is 84.5 Å². The second-order valence-corrected chi connectivity index (χ2v) is 5.17. The van der Waals surface area contributed by atoms with Gasteiger partial charge in [0.1, 0.15) is 0 Å². The van der Waals surface area contributed by atoms with Crippen molar-refractivity contribution in [2.75, 3.05) is 13.1 Å². The smallest absolute Gasteiger partial charge is 0.223 e. The second-order valence-electron chi connectivity index (χ2n) is 5.17. The quantitative estimate of drug-likeness (QED) is 0.627. The average Bonchev–Trinajstić information content (AvgIpc) is 2.28. The fourth-order valence-electron chi connectivity index (χ4n) is 1.54. The van der Waals surface area contributed by atoms with Gasteiger partial charge >= 0.3 is 0 Å². The largest absolute Gasteiger partial charge is 0.388 e. The molecule has 0 aromatic rings. The third-order valence-corrected chi connectivity index (χ3v) is 2.29. The summed E-state index contributed by atoms with van der Waals surface area (Å²) in [5, 5.41) is 18.5. The van der Waals surface area contributed by atoms with Crippen LogP contribution in [0.2, 0.25) is 0 Å². The van der Waals surface area contributed by atoms with Gasteiger partial charge in [0.2, 0.25) is 5.91 Å². The van der Waals surface area contributed by atoms with Crippen LogP contribution in [0.5, 0.6) is 0 Å². The highest BCUT2D eigenvalue weighted by atomic mass is 16.3. The predicted molar refractivity (Wildman–Crippen MR) is 52.7 cm³/mol. The molecule has 0 radical (unpaired) electrons. The van der Waals surface area contributed by atoms with Crippen molar-refractivity contribution in [3.63, 3.8) is 0 Å². The third-order valence-electron chi connectivity index (χ3n) is 2.29. The maximum Gasteiger partial charge on any atom is 0.223 e. The Morgan fingerprint density at radius 3 is 2.07 bits per heavy atom. The number of nitrogens with zero attached hydrogens (tertiary/aromatic N) is 1. The molecule has 2 atom stereocenters. The minimum atomic E-state index is -0.779. The second kappa shape index (κ2) is 3.87.